The van der Waals surface area contributed by atoms with Gasteiger partial charge >= 0.3 is 0 Å². The van der Waals surface area contributed by atoms with Gasteiger partial charge in [-0.25, -0.2) is 4.84 Å². The number of amides is 1. The molecule has 0 saturated heterocycles. The van der Waals surface area contributed by atoms with Crippen molar-refractivity contribution in [1.29, 1.82) is 0 Å². The molecule has 0 aliphatic rings. The summed E-state index contributed by atoms with van der Waals surface area (Å²) in [6, 6.07) is 9.69. The predicted octanol–water partition coefficient (Wildman–Crippen LogP) is 2.63. The molecule has 0 unspecified atom stereocenters. The molecule has 1 amide bonds. The van der Waals surface area contributed by atoms with Crippen molar-refractivity contribution in [2.75, 3.05) is 0 Å². The second kappa shape index (κ2) is 5.42. The first-order chi connectivity index (χ1) is 8.98. The van der Waals surface area contributed by atoms with E-state index in [2.05, 4.69) is 5.43 Å². The molecule has 1 N–H and O–H groups in total. The smallest absolute Gasteiger partial charge is 0.249 e. The molecule has 5 nitrogen and oxygen atoms in total. The van der Waals surface area contributed by atoms with Gasteiger partial charge in [0.25, 0.3) is 0 Å². The Bertz CT molecular complexity index is 524. The van der Waals surface area contributed by atoms with Crippen LogP contribution in [0.3, 0.4) is 0 Å². The summed E-state index contributed by atoms with van der Waals surface area (Å²) >= 11 is 0. The third-order valence-corrected chi connectivity index (χ3v) is 2.35. The van der Waals surface area contributed by atoms with Crippen LogP contribution in [0.15, 0.2) is 34.7 Å². The van der Waals surface area contributed by atoms with Crippen molar-refractivity contribution in [3.63, 3.8) is 0 Å². The Morgan fingerprint density at radius 1 is 1.37 bits per heavy atom. The first-order valence-electron chi connectivity index (χ1n) is 6.12. The summed E-state index contributed by atoms with van der Waals surface area (Å²) in [7, 11) is 0. The molecule has 0 bridgehead atoms. The normalized spacial score (nSPS) is 11.7. The van der Waals surface area contributed by atoms with Crippen LogP contribution in [0.2, 0.25) is 0 Å². The molecule has 0 aliphatic carbocycles. The maximum Gasteiger partial charge on any atom is 0.249 e. The zero-order chi connectivity index (χ0) is 13.9. The highest BCUT2D eigenvalue weighted by Gasteiger charge is 2.16. The number of hydrogen-bond donors (Lipinski definition) is 1. The molecule has 0 fully saturated rings. The van der Waals surface area contributed by atoms with Gasteiger partial charge in [-0.1, -0.05) is 18.2 Å². The number of hydroxylamine groups is 1. The minimum atomic E-state index is -0.443. The van der Waals surface area contributed by atoms with Crippen molar-refractivity contribution >= 4 is 17.4 Å². The number of hydrazine groups is 1. The van der Waals surface area contributed by atoms with Crippen molar-refractivity contribution < 1.29 is 14.0 Å². The first-order valence-corrected chi connectivity index (χ1v) is 6.12. The van der Waals surface area contributed by atoms with E-state index in [9.17, 15) is 4.79 Å². The van der Waals surface area contributed by atoms with Crippen LogP contribution < -0.4 is 5.43 Å². The van der Waals surface area contributed by atoms with Crippen LogP contribution in [-0.4, -0.2) is 17.2 Å². The van der Waals surface area contributed by atoms with Crippen LogP contribution in [0.1, 0.15) is 26.5 Å². The van der Waals surface area contributed by atoms with E-state index in [1.54, 1.807) is 0 Å². The Hall–Kier alpha value is -1.85. The molecule has 102 valence electrons. The monoisotopic (exact) mass is 262 g/mol. The van der Waals surface area contributed by atoms with E-state index in [0.717, 1.165) is 21.9 Å². The number of rotatable bonds is 5. The maximum absolute atomic E-state index is 10.9. The standard InChI is InChI=1S/C14H18N2O3/c1-14(2,3)19-16(10-17)15-9-12-8-11-6-4-5-7-13(11)18-12/h4-8,10,15H,9H2,1-3H3. The molecule has 1 heterocycles. The van der Waals surface area contributed by atoms with Gasteiger partial charge in [-0.2, -0.15) is 10.6 Å². The number of nitrogens with zero attached hydrogens (tertiary/aromatic N) is 1. The third-order valence-electron chi connectivity index (χ3n) is 2.35. The molecular formula is C14H18N2O3. The number of para-hydroxylation sites is 1. The molecular weight excluding hydrogens is 244 g/mol. The van der Waals surface area contributed by atoms with Crippen LogP contribution in [0.4, 0.5) is 0 Å². The Kier molecular flexibility index (Phi) is 3.87. The Labute approximate surface area is 112 Å². The van der Waals surface area contributed by atoms with E-state index in [1.165, 1.54) is 0 Å². The Morgan fingerprint density at radius 3 is 2.74 bits per heavy atom. The van der Waals surface area contributed by atoms with Gasteiger partial charge in [0.2, 0.25) is 6.41 Å². The summed E-state index contributed by atoms with van der Waals surface area (Å²) in [4.78, 5) is 16.3. The van der Waals surface area contributed by atoms with Crippen LogP contribution in [0.5, 0.6) is 0 Å². The maximum atomic E-state index is 10.9. The van der Waals surface area contributed by atoms with Crippen molar-refractivity contribution in [3.05, 3.63) is 36.1 Å². The molecule has 2 rings (SSSR count). The number of carbonyl (C=O) groups is 1. The van der Waals surface area contributed by atoms with E-state index in [-0.39, 0.29) is 0 Å². The first kappa shape index (κ1) is 13.6. The number of benzene rings is 1. The largest absolute Gasteiger partial charge is 0.460 e. The van der Waals surface area contributed by atoms with Crippen molar-refractivity contribution in [3.8, 4) is 0 Å². The minimum Gasteiger partial charge on any atom is -0.460 e. The van der Waals surface area contributed by atoms with Gasteiger partial charge in [0.1, 0.15) is 11.3 Å². The number of nitrogens with one attached hydrogen (secondary N) is 1. The van der Waals surface area contributed by atoms with Gasteiger partial charge in [0.15, 0.2) is 0 Å². The molecule has 0 saturated carbocycles. The van der Waals surface area contributed by atoms with Crippen molar-refractivity contribution in [2.45, 2.75) is 32.9 Å². The van der Waals surface area contributed by atoms with Gasteiger partial charge in [-0.05, 0) is 32.9 Å². The molecule has 0 aliphatic heterocycles. The SMILES string of the molecule is CC(C)(C)ON(C=O)NCc1cc2ccccc2o1. The summed E-state index contributed by atoms with van der Waals surface area (Å²) < 4.78 is 5.63. The number of carbonyl (C=O) groups excluding carboxylic acids is 1. The lowest BCUT2D eigenvalue weighted by molar-refractivity contribution is -0.239. The number of hydrogen-bond acceptors (Lipinski definition) is 4. The lowest BCUT2D eigenvalue weighted by Gasteiger charge is -2.26. The highest BCUT2D eigenvalue weighted by atomic mass is 16.7. The van der Waals surface area contributed by atoms with Gasteiger partial charge in [-0.15, -0.1) is 0 Å². The summed E-state index contributed by atoms with van der Waals surface area (Å²) in [5, 5.41) is 2.10. The fraction of sp³-hybridized carbons (Fsp3) is 0.357. The van der Waals surface area contributed by atoms with Gasteiger partial charge < -0.3 is 4.42 Å². The van der Waals surface area contributed by atoms with Gasteiger partial charge in [0, 0.05) is 5.39 Å². The van der Waals surface area contributed by atoms with Crippen molar-refractivity contribution in [1.82, 2.24) is 10.6 Å². The molecule has 0 spiro atoms. The van der Waals surface area contributed by atoms with E-state index in [1.807, 2.05) is 51.1 Å². The Morgan fingerprint density at radius 2 is 2.11 bits per heavy atom. The molecule has 1 aromatic carbocycles. The Balaban J connectivity index is 1.99. The lowest BCUT2D eigenvalue weighted by atomic mass is 10.2. The highest BCUT2D eigenvalue weighted by molar-refractivity contribution is 5.77. The number of fused-ring (bicyclic) bond motifs is 1. The summed E-state index contributed by atoms with van der Waals surface area (Å²) in [5.74, 6) is 0.741. The predicted molar refractivity (Wildman–Crippen MR) is 71.8 cm³/mol. The topological polar surface area (TPSA) is 54.7 Å². The molecule has 1 aromatic heterocycles. The average Bonchev–Trinajstić information content (AvgIpc) is 2.75. The molecule has 19 heavy (non-hydrogen) atoms. The summed E-state index contributed by atoms with van der Waals surface area (Å²) in [5.41, 5.74) is 3.24. The average molecular weight is 262 g/mol. The quantitative estimate of drug-likeness (QED) is 0.664. The second-order valence-electron chi connectivity index (χ2n) is 5.22. The van der Waals surface area contributed by atoms with Crippen LogP contribution in [-0.2, 0) is 16.2 Å². The van der Waals surface area contributed by atoms with Crippen LogP contribution in [0.25, 0.3) is 11.0 Å². The third kappa shape index (κ3) is 3.81. The van der Waals surface area contributed by atoms with Crippen LogP contribution >= 0.6 is 0 Å². The highest BCUT2D eigenvalue weighted by Crippen LogP contribution is 2.18. The zero-order valence-corrected chi connectivity index (χ0v) is 11.3. The van der Waals surface area contributed by atoms with E-state index >= 15 is 0 Å². The lowest BCUT2D eigenvalue weighted by Crippen LogP contribution is -2.42. The fourth-order valence-corrected chi connectivity index (χ4v) is 1.67. The zero-order valence-electron chi connectivity index (χ0n) is 11.3. The van der Waals surface area contributed by atoms with Crippen LogP contribution in [0, 0.1) is 0 Å². The minimum absolute atomic E-state index is 0.378. The number of furan rings is 1. The molecule has 5 heteroatoms. The summed E-state index contributed by atoms with van der Waals surface area (Å²) in [6.07, 6.45) is 0.591. The van der Waals surface area contributed by atoms with Crippen molar-refractivity contribution in [2.24, 2.45) is 0 Å². The summed E-state index contributed by atoms with van der Waals surface area (Å²) in [6.45, 7) is 5.98. The molecule has 0 radical (unpaired) electrons. The van der Waals surface area contributed by atoms with E-state index < -0.39 is 5.60 Å². The van der Waals surface area contributed by atoms with E-state index in [0.29, 0.717) is 13.0 Å². The molecule has 0 atom stereocenters. The fourth-order valence-electron chi connectivity index (χ4n) is 1.67. The molecule has 2 aromatic rings. The van der Waals surface area contributed by atoms with E-state index in [4.69, 9.17) is 9.25 Å². The van der Waals surface area contributed by atoms with Gasteiger partial charge in [-0.3, -0.25) is 4.79 Å². The second-order valence-corrected chi connectivity index (χ2v) is 5.22. The van der Waals surface area contributed by atoms with Gasteiger partial charge in [0.05, 0.1) is 12.1 Å².